The first-order chi connectivity index (χ1) is 10.1. The number of likely N-dealkylation sites (tertiary alicyclic amines) is 2. The molecule has 0 bridgehead atoms. The van der Waals surface area contributed by atoms with Gasteiger partial charge in [0.15, 0.2) is 0 Å². The van der Waals surface area contributed by atoms with E-state index in [-0.39, 0.29) is 0 Å². The first kappa shape index (κ1) is 16.7. The van der Waals surface area contributed by atoms with Crippen LogP contribution in [0.1, 0.15) is 25.7 Å². The largest absolute Gasteiger partial charge is 0.385 e. The van der Waals surface area contributed by atoms with E-state index in [1.807, 2.05) is 0 Å². The third-order valence-electron chi connectivity index (χ3n) is 5.03. The van der Waals surface area contributed by atoms with Crippen LogP contribution < -0.4 is 0 Å². The van der Waals surface area contributed by atoms with Gasteiger partial charge in [0.05, 0.1) is 6.54 Å². The molecule has 21 heavy (non-hydrogen) atoms. The maximum absolute atomic E-state index is 12.4. The number of amides is 1. The minimum absolute atomic E-state index is 0.319. The van der Waals surface area contributed by atoms with Crippen molar-refractivity contribution < 1.29 is 9.53 Å². The lowest BCUT2D eigenvalue weighted by atomic mass is 9.94. The molecule has 2 aliphatic rings. The lowest BCUT2D eigenvalue weighted by molar-refractivity contribution is -0.133. The van der Waals surface area contributed by atoms with E-state index in [1.54, 1.807) is 7.11 Å². The highest BCUT2D eigenvalue weighted by atomic mass is 16.5. The average molecular weight is 297 g/mol. The molecule has 2 heterocycles. The molecule has 0 aliphatic carbocycles. The number of methoxy groups -OCH3 is 1. The molecule has 1 amide bonds. The molecule has 0 spiro atoms. The Morgan fingerprint density at radius 3 is 2.48 bits per heavy atom. The minimum atomic E-state index is 0.319. The average Bonchev–Trinajstić information content (AvgIpc) is 2.94. The molecule has 2 aliphatic heterocycles. The van der Waals surface area contributed by atoms with E-state index in [1.165, 1.54) is 6.42 Å². The molecular formula is C16H31N3O2. The molecule has 122 valence electrons. The highest BCUT2D eigenvalue weighted by Crippen LogP contribution is 2.21. The van der Waals surface area contributed by atoms with Gasteiger partial charge >= 0.3 is 0 Å². The normalized spacial score (nSPS) is 25.0. The summed E-state index contributed by atoms with van der Waals surface area (Å²) in [5.41, 5.74) is 0. The van der Waals surface area contributed by atoms with Crippen LogP contribution in [0.4, 0.5) is 0 Å². The Morgan fingerprint density at radius 1 is 1.19 bits per heavy atom. The minimum Gasteiger partial charge on any atom is -0.385 e. The lowest BCUT2D eigenvalue weighted by Gasteiger charge is -2.33. The summed E-state index contributed by atoms with van der Waals surface area (Å²) in [6.45, 7) is 5.39. The molecule has 1 atom stereocenters. The summed E-state index contributed by atoms with van der Waals surface area (Å²) in [4.78, 5) is 19.0. The number of carbonyl (C=O) groups is 1. The summed E-state index contributed by atoms with van der Waals surface area (Å²) in [6.07, 6.45) is 4.58. The van der Waals surface area contributed by atoms with Gasteiger partial charge in [-0.05, 0) is 45.7 Å². The van der Waals surface area contributed by atoms with Crippen LogP contribution in [0.15, 0.2) is 0 Å². The number of rotatable bonds is 6. The fourth-order valence-electron chi connectivity index (χ4n) is 3.42. The predicted octanol–water partition coefficient (Wildman–Crippen LogP) is 0.897. The number of hydrogen-bond donors (Lipinski definition) is 0. The summed E-state index contributed by atoms with van der Waals surface area (Å²) in [6, 6.07) is 0.609. The molecule has 0 radical (unpaired) electrons. The smallest absolute Gasteiger partial charge is 0.236 e. The Morgan fingerprint density at radius 2 is 1.90 bits per heavy atom. The van der Waals surface area contributed by atoms with E-state index in [2.05, 4.69) is 28.8 Å². The zero-order valence-corrected chi connectivity index (χ0v) is 13.9. The molecule has 0 N–H and O–H groups in total. The summed E-state index contributed by atoms with van der Waals surface area (Å²) >= 11 is 0. The summed E-state index contributed by atoms with van der Waals surface area (Å²) < 4.78 is 5.15. The third kappa shape index (κ3) is 4.94. The van der Waals surface area contributed by atoms with Crippen molar-refractivity contribution in [2.45, 2.75) is 31.7 Å². The van der Waals surface area contributed by atoms with Crippen LogP contribution in [0.25, 0.3) is 0 Å². The van der Waals surface area contributed by atoms with Gasteiger partial charge in [0.1, 0.15) is 0 Å². The quantitative estimate of drug-likeness (QED) is 0.730. The molecule has 2 saturated heterocycles. The first-order valence-corrected chi connectivity index (χ1v) is 8.25. The van der Waals surface area contributed by atoms with Crippen molar-refractivity contribution in [2.75, 3.05) is 60.5 Å². The van der Waals surface area contributed by atoms with Crippen molar-refractivity contribution in [3.05, 3.63) is 0 Å². The van der Waals surface area contributed by atoms with Crippen LogP contribution in [0, 0.1) is 5.92 Å². The Hall–Kier alpha value is -0.650. The topological polar surface area (TPSA) is 36.0 Å². The van der Waals surface area contributed by atoms with Gasteiger partial charge < -0.3 is 14.5 Å². The molecule has 2 rings (SSSR count). The van der Waals surface area contributed by atoms with Gasteiger partial charge in [-0.15, -0.1) is 0 Å². The Kier molecular flexibility index (Phi) is 6.45. The Bertz CT molecular complexity index is 327. The van der Waals surface area contributed by atoms with Crippen molar-refractivity contribution in [3.63, 3.8) is 0 Å². The second-order valence-corrected chi connectivity index (χ2v) is 6.75. The highest BCUT2D eigenvalue weighted by molar-refractivity contribution is 5.78. The summed E-state index contributed by atoms with van der Waals surface area (Å²) in [7, 11) is 6.01. The molecule has 5 nitrogen and oxygen atoms in total. The van der Waals surface area contributed by atoms with Gasteiger partial charge in [0.2, 0.25) is 5.91 Å². The fourth-order valence-corrected chi connectivity index (χ4v) is 3.42. The number of likely N-dealkylation sites (N-methyl/N-ethyl adjacent to an activating group) is 1. The second-order valence-electron chi connectivity index (χ2n) is 6.75. The first-order valence-electron chi connectivity index (χ1n) is 8.25. The molecule has 0 aromatic carbocycles. The van der Waals surface area contributed by atoms with Gasteiger partial charge in [-0.1, -0.05) is 0 Å². The highest BCUT2D eigenvalue weighted by Gasteiger charge is 2.28. The number of piperidine rings is 1. The number of hydrogen-bond acceptors (Lipinski definition) is 4. The van der Waals surface area contributed by atoms with E-state index in [4.69, 9.17) is 4.74 Å². The van der Waals surface area contributed by atoms with Crippen molar-refractivity contribution >= 4 is 5.91 Å². The van der Waals surface area contributed by atoms with Crippen LogP contribution in [0.5, 0.6) is 0 Å². The summed E-state index contributed by atoms with van der Waals surface area (Å²) in [5, 5.41) is 0. The molecular weight excluding hydrogens is 266 g/mol. The van der Waals surface area contributed by atoms with Crippen LogP contribution in [0.3, 0.4) is 0 Å². The zero-order valence-electron chi connectivity index (χ0n) is 13.9. The molecule has 0 aromatic heterocycles. The van der Waals surface area contributed by atoms with Crippen molar-refractivity contribution in [1.29, 1.82) is 0 Å². The summed E-state index contributed by atoms with van der Waals surface area (Å²) in [5.74, 6) is 1.05. The van der Waals surface area contributed by atoms with Gasteiger partial charge in [0, 0.05) is 45.9 Å². The van der Waals surface area contributed by atoms with Crippen LogP contribution in [-0.4, -0.2) is 87.2 Å². The monoisotopic (exact) mass is 297 g/mol. The molecule has 0 aromatic rings. The molecule has 5 heteroatoms. The van der Waals surface area contributed by atoms with Gasteiger partial charge in [-0.2, -0.15) is 0 Å². The van der Waals surface area contributed by atoms with Crippen LogP contribution >= 0.6 is 0 Å². The maximum Gasteiger partial charge on any atom is 0.236 e. The molecule has 0 unspecified atom stereocenters. The number of ether oxygens (including phenoxy) is 1. The predicted molar refractivity (Wildman–Crippen MR) is 84.3 cm³/mol. The van der Waals surface area contributed by atoms with Crippen molar-refractivity contribution in [2.24, 2.45) is 5.92 Å². The Balaban J connectivity index is 1.68. The van der Waals surface area contributed by atoms with Gasteiger partial charge in [0.25, 0.3) is 0 Å². The van der Waals surface area contributed by atoms with Crippen molar-refractivity contribution in [3.8, 4) is 0 Å². The van der Waals surface area contributed by atoms with E-state index in [0.717, 1.165) is 58.0 Å². The van der Waals surface area contributed by atoms with Crippen molar-refractivity contribution in [1.82, 2.24) is 14.7 Å². The number of carbonyl (C=O) groups excluding carboxylic acids is 1. The van der Waals surface area contributed by atoms with Crippen LogP contribution in [0.2, 0.25) is 0 Å². The van der Waals surface area contributed by atoms with E-state index >= 15 is 0 Å². The third-order valence-corrected chi connectivity index (χ3v) is 5.03. The SMILES string of the molecule is COCCC1CCN(C(=O)CN2CC[C@H](N(C)C)C2)CC1. The fraction of sp³-hybridized carbons (Fsp3) is 0.938. The zero-order chi connectivity index (χ0) is 15.2. The van der Waals surface area contributed by atoms with Gasteiger partial charge in [-0.25, -0.2) is 0 Å². The van der Waals surface area contributed by atoms with E-state index in [9.17, 15) is 4.79 Å². The molecule has 2 fully saturated rings. The van der Waals surface area contributed by atoms with Crippen LogP contribution in [-0.2, 0) is 9.53 Å². The van der Waals surface area contributed by atoms with Gasteiger partial charge in [-0.3, -0.25) is 9.69 Å². The maximum atomic E-state index is 12.4. The Labute approximate surface area is 129 Å². The molecule has 0 saturated carbocycles. The second kappa shape index (κ2) is 8.11. The van der Waals surface area contributed by atoms with E-state index < -0.39 is 0 Å². The van der Waals surface area contributed by atoms with E-state index in [0.29, 0.717) is 18.5 Å². The lowest BCUT2D eigenvalue weighted by Crippen LogP contribution is -2.44. The standard InChI is InChI=1S/C16H31N3O2/c1-17(2)15-6-8-18(12-15)13-16(20)19-9-4-14(5-10-19)7-11-21-3/h14-15H,4-13H2,1-3H3/t15-/m0/s1. The number of nitrogens with zero attached hydrogens (tertiary/aromatic N) is 3.